The SMILES string of the molecule is Cc1ccc(COc2ccc3c(c2)nc2n3CCN(C3CCC3)CC2)cc1. The third kappa shape index (κ3) is 3.34. The summed E-state index contributed by atoms with van der Waals surface area (Å²) in [5.41, 5.74) is 4.76. The maximum absolute atomic E-state index is 6.01. The Morgan fingerprint density at radius 3 is 2.67 bits per heavy atom. The molecular formula is C23H27N3O. The number of hydrogen-bond donors (Lipinski definition) is 0. The molecule has 0 N–H and O–H groups in total. The molecule has 0 bridgehead atoms. The van der Waals surface area contributed by atoms with E-state index < -0.39 is 0 Å². The largest absolute Gasteiger partial charge is 0.489 e. The van der Waals surface area contributed by atoms with E-state index in [1.54, 1.807) is 0 Å². The number of benzene rings is 2. The van der Waals surface area contributed by atoms with Gasteiger partial charge in [0, 0.05) is 38.2 Å². The van der Waals surface area contributed by atoms with E-state index in [-0.39, 0.29) is 0 Å². The first-order chi connectivity index (χ1) is 13.3. The van der Waals surface area contributed by atoms with Gasteiger partial charge in [0.25, 0.3) is 0 Å². The second-order valence-corrected chi connectivity index (χ2v) is 7.98. The van der Waals surface area contributed by atoms with E-state index in [4.69, 9.17) is 9.72 Å². The normalized spacial score (nSPS) is 18.1. The van der Waals surface area contributed by atoms with Crippen LogP contribution in [0.3, 0.4) is 0 Å². The Kier molecular flexibility index (Phi) is 4.36. The van der Waals surface area contributed by atoms with Gasteiger partial charge in [-0.05, 0) is 37.5 Å². The second-order valence-electron chi connectivity index (χ2n) is 7.98. The Balaban J connectivity index is 1.31. The van der Waals surface area contributed by atoms with Crippen molar-refractivity contribution < 1.29 is 4.74 Å². The minimum atomic E-state index is 0.593. The quantitative estimate of drug-likeness (QED) is 0.693. The number of aryl methyl sites for hydroxylation is 1. The number of imidazole rings is 1. The van der Waals surface area contributed by atoms with Gasteiger partial charge in [-0.3, -0.25) is 4.90 Å². The molecule has 0 amide bonds. The molecule has 1 aromatic heterocycles. The molecule has 1 fully saturated rings. The van der Waals surface area contributed by atoms with E-state index >= 15 is 0 Å². The third-order valence-corrected chi connectivity index (χ3v) is 6.15. The maximum Gasteiger partial charge on any atom is 0.122 e. The first kappa shape index (κ1) is 16.8. The van der Waals surface area contributed by atoms with Crippen LogP contribution < -0.4 is 4.74 Å². The zero-order chi connectivity index (χ0) is 18.2. The molecule has 2 aromatic carbocycles. The van der Waals surface area contributed by atoms with Crippen molar-refractivity contribution in [3.8, 4) is 5.75 Å². The molecule has 0 radical (unpaired) electrons. The summed E-state index contributed by atoms with van der Waals surface area (Å²) in [5.74, 6) is 2.12. The Bertz CT molecular complexity index is 940. The molecule has 1 aliphatic heterocycles. The molecule has 2 aliphatic rings. The summed E-state index contributed by atoms with van der Waals surface area (Å²) >= 11 is 0. The van der Waals surface area contributed by atoms with Crippen LogP contribution >= 0.6 is 0 Å². The molecule has 0 atom stereocenters. The van der Waals surface area contributed by atoms with Crippen LogP contribution in [0.25, 0.3) is 11.0 Å². The molecule has 2 heterocycles. The van der Waals surface area contributed by atoms with Crippen molar-refractivity contribution >= 4 is 11.0 Å². The summed E-state index contributed by atoms with van der Waals surface area (Å²) < 4.78 is 8.42. The molecule has 4 nitrogen and oxygen atoms in total. The zero-order valence-corrected chi connectivity index (χ0v) is 16.0. The molecule has 27 heavy (non-hydrogen) atoms. The van der Waals surface area contributed by atoms with E-state index in [0.717, 1.165) is 43.4 Å². The Hall–Kier alpha value is -2.33. The molecule has 0 spiro atoms. The number of ether oxygens (including phenoxy) is 1. The summed E-state index contributed by atoms with van der Waals surface area (Å²) in [7, 11) is 0. The van der Waals surface area contributed by atoms with E-state index in [2.05, 4.69) is 58.9 Å². The highest BCUT2D eigenvalue weighted by atomic mass is 16.5. The fourth-order valence-electron chi connectivity index (χ4n) is 4.24. The number of rotatable bonds is 4. The molecule has 3 aromatic rings. The van der Waals surface area contributed by atoms with Crippen LogP contribution in [0.15, 0.2) is 42.5 Å². The van der Waals surface area contributed by atoms with Crippen molar-refractivity contribution in [3.05, 3.63) is 59.4 Å². The molecule has 1 saturated carbocycles. The van der Waals surface area contributed by atoms with Crippen LogP contribution in [0.1, 0.15) is 36.2 Å². The van der Waals surface area contributed by atoms with E-state index in [0.29, 0.717) is 6.61 Å². The van der Waals surface area contributed by atoms with Crippen molar-refractivity contribution in [1.29, 1.82) is 0 Å². The summed E-state index contributed by atoms with van der Waals surface area (Å²) in [6.45, 7) is 6.04. The summed E-state index contributed by atoms with van der Waals surface area (Å²) in [4.78, 5) is 7.60. The molecule has 0 unspecified atom stereocenters. The van der Waals surface area contributed by atoms with Crippen LogP contribution in [0.5, 0.6) is 5.75 Å². The number of nitrogens with zero attached hydrogens (tertiary/aromatic N) is 3. The van der Waals surface area contributed by atoms with Gasteiger partial charge in [-0.1, -0.05) is 36.2 Å². The number of aromatic nitrogens is 2. The van der Waals surface area contributed by atoms with Gasteiger partial charge in [0.15, 0.2) is 0 Å². The molecule has 140 valence electrons. The summed E-state index contributed by atoms with van der Waals surface area (Å²) in [6.07, 6.45) is 5.21. The number of fused-ring (bicyclic) bond motifs is 3. The Morgan fingerprint density at radius 2 is 1.89 bits per heavy atom. The van der Waals surface area contributed by atoms with Crippen LogP contribution in [-0.4, -0.2) is 33.6 Å². The van der Waals surface area contributed by atoms with Gasteiger partial charge in [0.05, 0.1) is 11.0 Å². The monoisotopic (exact) mass is 361 g/mol. The van der Waals surface area contributed by atoms with Gasteiger partial charge in [0.2, 0.25) is 0 Å². The lowest BCUT2D eigenvalue weighted by Crippen LogP contribution is -2.41. The summed E-state index contributed by atoms with van der Waals surface area (Å²) in [5, 5.41) is 0. The van der Waals surface area contributed by atoms with Gasteiger partial charge in [-0.2, -0.15) is 0 Å². The minimum absolute atomic E-state index is 0.593. The highest BCUT2D eigenvalue weighted by Crippen LogP contribution is 2.28. The predicted molar refractivity (Wildman–Crippen MR) is 108 cm³/mol. The van der Waals surface area contributed by atoms with E-state index in [9.17, 15) is 0 Å². The standard InChI is InChI=1S/C23H27N3O/c1-17-5-7-18(8-6-17)16-27-20-9-10-22-21(15-20)24-23-11-12-25(13-14-26(22)23)19-3-2-4-19/h5-10,15,19H,2-4,11-14,16H2,1H3. The average molecular weight is 361 g/mol. The molecule has 5 rings (SSSR count). The zero-order valence-electron chi connectivity index (χ0n) is 16.0. The number of hydrogen-bond acceptors (Lipinski definition) is 3. The van der Waals surface area contributed by atoms with Gasteiger partial charge >= 0.3 is 0 Å². The van der Waals surface area contributed by atoms with Crippen LogP contribution in [0, 0.1) is 6.92 Å². The second kappa shape index (κ2) is 7.01. The van der Waals surface area contributed by atoms with Crippen LogP contribution in [-0.2, 0) is 19.6 Å². The van der Waals surface area contributed by atoms with E-state index in [1.165, 1.54) is 41.7 Å². The lowest BCUT2D eigenvalue weighted by molar-refractivity contribution is 0.130. The Morgan fingerprint density at radius 1 is 1.04 bits per heavy atom. The van der Waals surface area contributed by atoms with Crippen molar-refractivity contribution in [2.45, 2.75) is 51.8 Å². The summed E-state index contributed by atoms with van der Waals surface area (Å²) in [6, 6.07) is 15.7. The molecule has 1 aliphatic carbocycles. The Labute approximate surface area is 160 Å². The van der Waals surface area contributed by atoms with Crippen LogP contribution in [0.2, 0.25) is 0 Å². The topological polar surface area (TPSA) is 30.3 Å². The highest BCUT2D eigenvalue weighted by molar-refractivity contribution is 5.78. The highest BCUT2D eigenvalue weighted by Gasteiger charge is 2.27. The smallest absolute Gasteiger partial charge is 0.122 e. The fraction of sp³-hybridized carbons (Fsp3) is 0.435. The third-order valence-electron chi connectivity index (χ3n) is 6.15. The first-order valence-corrected chi connectivity index (χ1v) is 10.2. The van der Waals surface area contributed by atoms with Crippen LogP contribution in [0.4, 0.5) is 0 Å². The van der Waals surface area contributed by atoms with Crippen molar-refractivity contribution in [2.75, 3.05) is 13.1 Å². The van der Waals surface area contributed by atoms with Gasteiger partial charge < -0.3 is 9.30 Å². The lowest BCUT2D eigenvalue weighted by Gasteiger charge is -2.36. The first-order valence-electron chi connectivity index (χ1n) is 10.2. The predicted octanol–water partition coefficient (Wildman–Crippen LogP) is 4.33. The van der Waals surface area contributed by atoms with Crippen molar-refractivity contribution in [1.82, 2.24) is 14.5 Å². The van der Waals surface area contributed by atoms with Crippen molar-refractivity contribution in [2.24, 2.45) is 0 Å². The van der Waals surface area contributed by atoms with Gasteiger partial charge in [-0.25, -0.2) is 4.98 Å². The average Bonchev–Trinajstić information content (AvgIpc) is 2.86. The van der Waals surface area contributed by atoms with Gasteiger partial charge in [-0.15, -0.1) is 0 Å². The molecule has 4 heteroatoms. The minimum Gasteiger partial charge on any atom is -0.489 e. The lowest BCUT2D eigenvalue weighted by atomic mass is 9.91. The van der Waals surface area contributed by atoms with Gasteiger partial charge in [0.1, 0.15) is 18.2 Å². The maximum atomic E-state index is 6.01. The fourth-order valence-corrected chi connectivity index (χ4v) is 4.24. The molecule has 0 saturated heterocycles. The van der Waals surface area contributed by atoms with E-state index in [1.807, 2.05) is 0 Å². The van der Waals surface area contributed by atoms with Crippen molar-refractivity contribution in [3.63, 3.8) is 0 Å². The molecular weight excluding hydrogens is 334 g/mol.